The van der Waals surface area contributed by atoms with Gasteiger partial charge in [-0.15, -0.1) is 0 Å². The fourth-order valence-electron chi connectivity index (χ4n) is 2.71. The Kier molecular flexibility index (Phi) is 3.58. The number of aryl methyl sites for hydroxylation is 1. The Balaban J connectivity index is 1.74. The summed E-state index contributed by atoms with van der Waals surface area (Å²) in [5.74, 6) is 0. The van der Waals surface area contributed by atoms with E-state index in [2.05, 4.69) is 48.2 Å². The van der Waals surface area contributed by atoms with Crippen LogP contribution in [0.15, 0.2) is 42.5 Å². The highest BCUT2D eigenvalue weighted by Crippen LogP contribution is 2.26. The Morgan fingerprint density at radius 2 is 1.89 bits per heavy atom. The van der Waals surface area contributed by atoms with Crippen molar-refractivity contribution in [3.05, 3.63) is 69.7 Å². The van der Waals surface area contributed by atoms with Crippen LogP contribution in [0.3, 0.4) is 0 Å². The lowest BCUT2D eigenvalue weighted by Crippen LogP contribution is -2.30. The van der Waals surface area contributed by atoms with Gasteiger partial charge in [-0.05, 0) is 36.1 Å². The van der Waals surface area contributed by atoms with Crippen LogP contribution in [-0.4, -0.2) is 11.4 Å². The molecule has 0 aliphatic carbocycles. The molecule has 1 aliphatic heterocycles. The molecule has 0 spiro atoms. The number of benzene rings is 2. The quantitative estimate of drug-likeness (QED) is 0.791. The van der Waals surface area contributed by atoms with Crippen molar-refractivity contribution in [2.45, 2.75) is 26.4 Å². The molecule has 0 aromatic heterocycles. The second kappa shape index (κ2) is 5.36. The minimum absolute atomic E-state index is 0.924. The first-order valence-electron chi connectivity index (χ1n) is 6.76. The van der Waals surface area contributed by atoms with Crippen LogP contribution in [0.25, 0.3) is 0 Å². The van der Waals surface area contributed by atoms with Crippen molar-refractivity contribution < 1.29 is 0 Å². The van der Waals surface area contributed by atoms with Gasteiger partial charge in [0.25, 0.3) is 0 Å². The molecule has 0 radical (unpaired) electrons. The molecular formula is C17H18ClN. The van der Waals surface area contributed by atoms with E-state index in [4.69, 9.17) is 11.6 Å². The van der Waals surface area contributed by atoms with Crippen molar-refractivity contribution in [3.63, 3.8) is 0 Å². The lowest BCUT2D eigenvalue weighted by atomic mass is 9.99. The number of hydrogen-bond donors (Lipinski definition) is 0. The van der Waals surface area contributed by atoms with Crippen LogP contribution in [0.5, 0.6) is 0 Å². The Labute approximate surface area is 119 Å². The monoisotopic (exact) mass is 271 g/mol. The van der Waals surface area contributed by atoms with E-state index in [1.165, 1.54) is 22.3 Å². The number of hydrogen-bond acceptors (Lipinski definition) is 1. The molecule has 0 unspecified atom stereocenters. The van der Waals surface area contributed by atoms with E-state index in [0.717, 1.165) is 31.1 Å². The molecule has 0 atom stereocenters. The normalized spacial score (nSPS) is 15.3. The van der Waals surface area contributed by atoms with Crippen LogP contribution in [0.2, 0.25) is 5.02 Å². The highest BCUT2D eigenvalue weighted by molar-refractivity contribution is 6.31. The Bertz CT molecular complexity index is 574. The summed E-state index contributed by atoms with van der Waals surface area (Å²) in [6.45, 7) is 5.24. The Morgan fingerprint density at radius 3 is 2.68 bits per heavy atom. The Hall–Kier alpha value is -1.31. The van der Waals surface area contributed by atoms with Gasteiger partial charge in [0.05, 0.1) is 0 Å². The van der Waals surface area contributed by atoms with Crippen molar-refractivity contribution >= 4 is 11.6 Å². The molecule has 0 saturated heterocycles. The fourth-order valence-corrected chi connectivity index (χ4v) is 3.00. The van der Waals surface area contributed by atoms with Crippen LogP contribution in [0.4, 0.5) is 0 Å². The summed E-state index contributed by atoms with van der Waals surface area (Å²) in [7, 11) is 0. The number of nitrogens with zero attached hydrogens (tertiary/aromatic N) is 1. The van der Waals surface area contributed by atoms with E-state index in [-0.39, 0.29) is 0 Å². The van der Waals surface area contributed by atoms with Crippen molar-refractivity contribution in [1.29, 1.82) is 0 Å². The van der Waals surface area contributed by atoms with Gasteiger partial charge in [-0.2, -0.15) is 0 Å². The summed E-state index contributed by atoms with van der Waals surface area (Å²) in [4.78, 5) is 2.49. The van der Waals surface area contributed by atoms with E-state index in [9.17, 15) is 0 Å². The predicted molar refractivity (Wildman–Crippen MR) is 80.4 cm³/mol. The van der Waals surface area contributed by atoms with Gasteiger partial charge in [-0.3, -0.25) is 4.90 Å². The first kappa shape index (κ1) is 12.7. The summed E-state index contributed by atoms with van der Waals surface area (Å²) < 4.78 is 0. The van der Waals surface area contributed by atoms with E-state index in [1.54, 1.807) is 0 Å². The molecule has 0 N–H and O–H groups in total. The predicted octanol–water partition coefficient (Wildman–Crippen LogP) is 4.21. The maximum absolute atomic E-state index is 6.25. The maximum atomic E-state index is 6.25. The van der Waals surface area contributed by atoms with Crippen molar-refractivity contribution in [3.8, 4) is 0 Å². The third-order valence-corrected chi connectivity index (χ3v) is 4.17. The first-order valence-corrected chi connectivity index (χ1v) is 7.14. The van der Waals surface area contributed by atoms with E-state index < -0.39 is 0 Å². The highest BCUT2D eigenvalue weighted by atomic mass is 35.5. The molecule has 0 saturated carbocycles. The molecule has 2 heteroatoms. The highest BCUT2D eigenvalue weighted by Gasteiger charge is 2.17. The minimum Gasteiger partial charge on any atom is -0.294 e. The topological polar surface area (TPSA) is 3.24 Å². The van der Waals surface area contributed by atoms with Gasteiger partial charge < -0.3 is 0 Å². The molecule has 1 nitrogen and oxygen atoms in total. The van der Waals surface area contributed by atoms with Crippen LogP contribution in [0, 0.1) is 6.92 Å². The average molecular weight is 272 g/mol. The lowest BCUT2D eigenvalue weighted by molar-refractivity contribution is 0.245. The molecule has 1 aliphatic rings. The second-order valence-corrected chi connectivity index (χ2v) is 5.73. The zero-order valence-electron chi connectivity index (χ0n) is 11.2. The Morgan fingerprint density at radius 1 is 1.11 bits per heavy atom. The van der Waals surface area contributed by atoms with Gasteiger partial charge in [0.15, 0.2) is 0 Å². The number of rotatable bonds is 2. The van der Waals surface area contributed by atoms with Crippen LogP contribution in [-0.2, 0) is 19.5 Å². The zero-order valence-corrected chi connectivity index (χ0v) is 12.0. The lowest BCUT2D eigenvalue weighted by Gasteiger charge is -2.29. The van der Waals surface area contributed by atoms with Crippen LogP contribution in [0.1, 0.15) is 22.3 Å². The first-order chi connectivity index (χ1) is 9.22. The third-order valence-electron chi connectivity index (χ3n) is 3.81. The molecule has 1 heterocycles. The molecule has 19 heavy (non-hydrogen) atoms. The molecule has 2 aromatic carbocycles. The van der Waals surface area contributed by atoms with Gasteiger partial charge in [-0.25, -0.2) is 0 Å². The SMILES string of the molecule is Cc1ccc(CN2CCc3c(Cl)cccc3C2)cc1. The largest absolute Gasteiger partial charge is 0.294 e. The van der Waals surface area contributed by atoms with Gasteiger partial charge in [0, 0.05) is 24.7 Å². The maximum Gasteiger partial charge on any atom is 0.0441 e. The third kappa shape index (κ3) is 2.83. The van der Waals surface area contributed by atoms with Gasteiger partial charge >= 0.3 is 0 Å². The molecule has 2 aromatic rings. The van der Waals surface area contributed by atoms with E-state index in [0.29, 0.717) is 0 Å². The molecule has 98 valence electrons. The molecular weight excluding hydrogens is 254 g/mol. The smallest absolute Gasteiger partial charge is 0.0441 e. The van der Waals surface area contributed by atoms with Crippen molar-refractivity contribution in [2.24, 2.45) is 0 Å². The summed E-state index contributed by atoms with van der Waals surface area (Å²) in [6, 6.07) is 15.1. The summed E-state index contributed by atoms with van der Waals surface area (Å²) >= 11 is 6.25. The summed E-state index contributed by atoms with van der Waals surface area (Å²) in [5, 5.41) is 0.924. The van der Waals surface area contributed by atoms with E-state index >= 15 is 0 Å². The average Bonchev–Trinajstić information content (AvgIpc) is 2.42. The standard InChI is InChI=1S/C17H18ClN/c1-13-5-7-14(8-6-13)11-19-10-9-16-15(12-19)3-2-4-17(16)18/h2-8H,9-12H2,1H3. The van der Waals surface area contributed by atoms with Crippen LogP contribution >= 0.6 is 11.6 Å². The summed E-state index contributed by atoms with van der Waals surface area (Å²) in [6.07, 6.45) is 1.06. The van der Waals surface area contributed by atoms with Crippen molar-refractivity contribution in [1.82, 2.24) is 4.90 Å². The molecule has 0 fully saturated rings. The minimum atomic E-state index is 0.924. The summed E-state index contributed by atoms with van der Waals surface area (Å²) in [5.41, 5.74) is 5.42. The van der Waals surface area contributed by atoms with E-state index in [1.807, 2.05) is 6.07 Å². The van der Waals surface area contributed by atoms with Crippen molar-refractivity contribution in [2.75, 3.05) is 6.54 Å². The fraction of sp³-hybridized carbons (Fsp3) is 0.294. The molecule has 0 bridgehead atoms. The number of halogens is 1. The second-order valence-electron chi connectivity index (χ2n) is 5.32. The molecule has 3 rings (SSSR count). The molecule has 0 amide bonds. The van der Waals surface area contributed by atoms with Crippen LogP contribution < -0.4 is 0 Å². The van der Waals surface area contributed by atoms with Gasteiger partial charge in [0.2, 0.25) is 0 Å². The number of fused-ring (bicyclic) bond motifs is 1. The van der Waals surface area contributed by atoms with Gasteiger partial charge in [0.1, 0.15) is 0 Å². The zero-order chi connectivity index (χ0) is 13.2. The van der Waals surface area contributed by atoms with Gasteiger partial charge in [-0.1, -0.05) is 53.6 Å².